The van der Waals surface area contributed by atoms with Crippen LogP contribution in [0.4, 0.5) is 10.5 Å². The normalized spacial score (nSPS) is 13.9. The van der Waals surface area contributed by atoms with Crippen LogP contribution in [0.3, 0.4) is 0 Å². The predicted molar refractivity (Wildman–Crippen MR) is 152 cm³/mol. The number of carbonyl (C=O) groups is 3. The van der Waals surface area contributed by atoms with Crippen LogP contribution in [-0.4, -0.2) is 35.6 Å². The Labute approximate surface area is 239 Å². The maximum atomic E-state index is 12.9. The summed E-state index contributed by atoms with van der Waals surface area (Å²) in [4.78, 5) is 39.0. The number of nitrogens with one attached hydrogen (secondary N) is 1. The molecule has 11 heteroatoms. The highest BCUT2D eigenvalue weighted by Crippen LogP contribution is 2.39. The highest BCUT2D eigenvalue weighted by Gasteiger charge is 2.36. The number of nitrogens with zero attached hydrogens (tertiary/aromatic N) is 2. The van der Waals surface area contributed by atoms with Crippen LogP contribution < -0.4 is 14.8 Å². The van der Waals surface area contributed by atoms with Gasteiger partial charge < -0.3 is 14.8 Å². The quantitative estimate of drug-likeness (QED) is 0.282. The Balaban J connectivity index is 1.47. The first-order valence-electron chi connectivity index (χ1n) is 11.1. The Morgan fingerprint density at radius 3 is 2.53 bits per heavy atom. The van der Waals surface area contributed by atoms with Gasteiger partial charge in [0.2, 0.25) is 5.91 Å². The van der Waals surface area contributed by atoms with Gasteiger partial charge in [-0.25, -0.2) is 0 Å². The lowest BCUT2D eigenvalue weighted by atomic mass is 10.1. The molecular weight excluding hydrogens is 638 g/mol. The molecule has 38 heavy (non-hydrogen) atoms. The second-order valence-corrected chi connectivity index (χ2v) is 10.6. The number of methoxy groups -OCH3 is 1. The molecule has 0 aliphatic carbocycles. The molecule has 1 fully saturated rings. The van der Waals surface area contributed by atoms with Crippen molar-refractivity contribution in [2.45, 2.75) is 6.61 Å². The molecule has 1 aliphatic rings. The number of anilines is 1. The number of halogens is 2. The number of imide groups is 1. The van der Waals surface area contributed by atoms with E-state index in [1.165, 1.54) is 7.11 Å². The Kier molecular flexibility index (Phi) is 8.89. The highest BCUT2D eigenvalue weighted by molar-refractivity contribution is 9.11. The van der Waals surface area contributed by atoms with E-state index in [-0.39, 0.29) is 11.5 Å². The molecule has 0 aromatic heterocycles. The third-order valence-electron chi connectivity index (χ3n) is 5.34. The number of benzene rings is 3. The number of hydrogen-bond donors (Lipinski definition) is 1. The number of carbonyl (C=O) groups excluding carboxylic acids is 3. The molecule has 3 aromatic carbocycles. The lowest BCUT2D eigenvalue weighted by Crippen LogP contribution is -2.36. The van der Waals surface area contributed by atoms with Crippen LogP contribution in [0.2, 0.25) is 0 Å². The fourth-order valence-electron chi connectivity index (χ4n) is 3.48. The third kappa shape index (κ3) is 6.45. The van der Waals surface area contributed by atoms with Gasteiger partial charge in [0.05, 0.1) is 33.8 Å². The fraction of sp³-hybridized carbons (Fsp3) is 0.111. The average molecular weight is 657 g/mol. The summed E-state index contributed by atoms with van der Waals surface area (Å²) in [5, 5.41) is 11.1. The molecule has 192 valence electrons. The summed E-state index contributed by atoms with van der Waals surface area (Å²) in [7, 11) is 1.50. The van der Waals surface area contributed by atoms with Gasteiger partial charge in [-0.3, -0.25) is 19.3 Å². The van der Waals surface area contributed by atoms with Crippen LogP contribution in [0.5, 0.6) is 11.5 Å². The number of para-hydroxylation sites is 1. The standard InChI is InChI=1S/C27H19Br2N3O5S/c1-36-22-11-18(10-20(29)25(22)37-15-17-8-6-16(13-30)7-9-17)12-23-26(34)32(27(35)38-23)14-24(33)31-21-5-3-2-4-19(21)28/h2-12H,14-15H2,1H3,(H,31,33)/b23-12+. The molecule has 1 saturated heterocycles. The van der Waals surface area contributed by atoms with Gasteiger partial charge in [0.1, 0.15) is 13.2 Å². The minimum Gasteiger partial charge on any atom is -0.493 e. The van der Waals surface area contributed by atoms with E-state index in [1.54, 1.807) is 48.5 Å². The van der Waals surface area contributed by atoms with E-state index in [9.17, 15) is 14.4 Å². The van der Waals surface area contributed by atoms with Crippen molar-refractivity contribution >= 4 is 72.4 Å². The molecule has 3 amide bonds. The summed E-state index contributed by atoms with van der Waals surface area (Å²) in [6.45, 7) is -0.154. The molecule has 1 N–H and O–H groups in total. The van der Waals surface area contributed by atoms with Gasteiger partial charge in [-0.15, -0.1) is 0 Å². The molecule has 0 unspecified atom stereocenters. The van der Waals surface area contributed by atoms with Gasteiger partial charge >= 0.3 is 0 Å². The molecule has 1 heterocycles. The highest BCUT2D eigenvalue weighted by atomic mass is 79.9. The fourth-order valence-corrected chi connectivity index (χ4v) is 5.27. The largest absolute Gasteiger partial charge is 0.493 e. The van der Waals surface area contributed by atoms with Crippen molar-refractivity contribution in [1.82, 2.24) is 4.90 Å². The molecule has 0 radical (unpaired) electrons. The monoisotopic (exact) mass is 655 g/mol. The lowest BCUT2D eigenvalue weighted by Gasteiger charge is -2.14. The maximum Gasteiger partial charge on any atom is 0.294 e. The number of thioether (sulfide) groups is 1. The van der Waals surface area contributed by atoms with Gasteiger partial charge in [0.25, 0.3) is 11.1 Å². The molecule has 0 bridgehead atoms. The van der Waals surface area contributed by atoms with Crippen molar-refractivity contribution in [3.63, 3.8) is 0 Å². The van der Waals surface area contributed by atoms with Crippen LogP contribution in [-0.2, 0) is 16.2 Å². The van der Waals surface area contributed by atoms with E-state index < -0.39 is 23.6 Å². The Morgan fingerprint density at radius 2 is 1.84 bits per heavy atom. The lowest BCUT2D eigenvalue weighted by molar-refractivity contribution is -0.127. The first-order valence-corrected chi connectivity index (χ1v) is 13.5. The van der Waals surface area contributed by atoms with Crippen LogP contribution >= 0.6 is 43.6 Å². The number of nitriles is 1. The topological polar surface area (TPSA) is 109 Å². The molecule has 4 rings (SSSR count). The predicted octanol–water partition coefficient (Wildman–Crippen LogP) is 6.35. The zero-order valence-electron chi connectivity index (χ0n) is 19.9. The Morgan fingerprint density at radius 1 is 1.11 bits per heavy atom. The van der Waals surface area contributed by atoms with E-state index in [0.29, 0.717) is 37.3 Å². The summed E-state index contributed by atoms with van der Waals surface area (Å²) in [5.74, 6) is -0.163. The Hall–Kier alpha value is -3.59. The smallest absolute Gasteiger partial charge is 0.294 e. The maximum absolute atomic E-state index is 12.9. The van der Waals surface area contributed by atoms with E-state index >= 15 is 0 Å². The number of hydrogen-bond acceptors (Lipinski definition) is 7. The molecule has 1 aliphatic heterocycles. The van der Waals surface area contributed by atoms with Crippen molar-refractivity contribution in [3.05, 3.63) is 91.2 Å². The zero-order chi connectivity index (χ0) is 27.2. The number of rotatable bonds is 8. The molecule has 0 atom stereocenters. The molecule has 3 aromatic rings. The first-order chi connectivity index (χ1) is 18.3. The summed E-state index contributed by atoms with van der Waals surface area (Å²) in [5.41, 5.74) is 2.58. The van der Waals surface area contributed by atoms with Gasteiger partial charge in [0, 0.05) is 4.47 Å². The van der Waals surface area contributed by atoms with Gasteiger partial charge in [-0.2, -0.15) is 5.26 Å². The average Bonchev–Trinajstić information content (AvgIpc) is 3.16. The summed E-state index contributed by atoms with van der Waals surface area (Å²) in [6, 6.07) is 19.6. The SMILES string of the molecule is COc1cc(/C=C2/SC(=O)N(CC(=O)Nc3ccccc3Br)C2=O)cc(Br)c1OCc1ccc(C#N)cc1. The second-order valence-electron chi connectivity index (χ2n) is 7.93. The molecular formula is C27H19Br2N3O5S. The minimum absolute atomic E-state index is 0.184. The van der Waals surface area contributed by atoms with Crippen molar-refractivity contribution in [3.8, 4) is 17.6 Å². The van der Waals surface area contributed by atoms with Crippen LogP contribution in [0.25, 0.3) is 6.08 Å². The minimum atomic E-state index is -0.557. The first kappa shape index (κ1) is 27.4. The summed E-state index contributed by atoms with van der Waals surface area (Å²) < 4.78 is 12.7. The van der Waals surface area contributed by atoms with Crippen molar-refractivity contribution in [2.24, 2.45) is 0 Å². The molecule has 0 saturated carbocycles. The second kappa shape index (κ2) is 12.3. The van der Waals surface area contributed by atoms with Crippen LogP contribution in [0.15, 0.2) is 74.5 Å². The van der Waals surface area contributed by atoms with E-state index in [1.807, 2.05) is 18.2 Å². The van der Waals surface area contributed by atoms with Gasteiger partial charge in [-0.05, 0) is 97.2 Å². The van der Waals surface area contributed by atoms with Crippen molar-refractivity contribution in [1.29, 1.82) is 5.26 Å². The summed E-state index contributed by atoms with van der Waals surface area (Å²) >= 11 is 7.60. The number of amides is 3. The van der Waals surface area contributed by atoms with Gasteiger partial charge in [0.15, 0.2) is 11.5 Å². The van der Waals surface area contributed by atoms with E-state index in [4.69, 9.17) is 14.7 Å². The molecule has 8 nitrogen and oxygen atoms in total. The molecule has 0 spiro atoms. The van der Waals surface area contributed by atoms with Crippen LogP contribution in [0.1, 0.15) is 16.7 Å². The van der Waals surface area contributed by atoms with Gasteiger partial charge in [-0.1, -0.05) is 24.3 Å². The zero-order valence-corrected chi connectivity index (χ0v) is 23.9. The van der Waals surface area contributed by atoms with Crippen LogP contribution in [0, 0.1) is 11.3 Å². The van der Waals surface area contributed by atoms with Crippen molar-refractivity contribution < 1.29 is 23.9 Å². The third-order valence-corrected chi connectivity index (χ3v) is 7.53. The summed E-state index contributed by atoms with van der Waals surface area (Å²) in [6.07, 6.45) is 1.56. The number of ether oxygens (including phenoxy) is 2. The van der Waals surface area contributed by atoms with E-state index in [0.717, 1.165) is 22.2 Å². The van der Waals surface area contributed by atoms with E-state index in [2.05, 4.69) is 43.2 Å². The Bertz CT molecular complexity index is 1490. The van der Waals surface area contributed by atoms with Crippen molar-refractivity contribution in [2.75, 3.05) is 19.0 Å².